The summed E-state index contributed by atoms with van der Waals surface area (Å²) >= 11 is 0.732. The van der Waals surface area contributed by atoms with Crippen LogP contribution in [0.15, 0.2) is 136 Å². The van der Waals surface area contributed by atoms with E-state index in [0.717, 1.165) is 23.2 Å². The van der Waals surface area contributed by atoms with Crippen molar-refractivity contribution in [1.29, 1.82) is 0 Å². The summed E-state index contributed by atoms with van der Waals surface area (Å²) < 4.78 is 83.2. The zero-order valence-electron chi connectivity index (χ0n) is 38.0. The van der Waals surface area contributed by atoms with Gasteiger partial charge in [0.2, 0.25) is 0 Å². The first kappa shape index (κ1) is 70.1. The molecule has 1 atom stereocenters. The van der Waals surface area contributed by atoms with Crippen LogP contribution < -0.4 is 109 Å². The Morgan fingerprint density at radius 3 is 1.67 bits per heavy atom. The van der Waals surface area contributed by atoms with Crippen LogP contribution in [0, 0.1) is 38.0 Å². The van der Waals surface area contributed by atoms with Crippen molar-refractivity contribution in [3.63, 3.8) is 0 Å². The summed E-state index contributed by atoms with van der Waals surface area (Å²) in [4.78, 5) is 10.2. The predicted octanol–water partition coefficient (Wildman–Crippen LogP) is -4.02. The molecule has 0 heterocycles. The maximum absolute atomic E-state index is 11.5. The molecule has 5 aromatic rings. The average molecular weight is 1140 g/mol. The van der Waals surface area contributed by atoms with Gasteiger partial charge in [0.1, 0.15) is 39.0 Å². The fourth-order valence-corrected chi connectivity index (χ4v) is 11.0. The zero-order chi connectivity index (χ0) is 48.3. The Labute approximate surface area is 487 Å². The minimum absolute atomic E-state index is 0. The number of rotatable bonds is 21. The van der Waals surface area contributed by atoms with Crippen LogP contribution in [-0.4, -0.2) is 66.4 Å². The molecule has 0 radical (unpaired) electrons. The van der Waals surface area contributed by atoms with Crippen molar-refractivity contribution in [2.24, 2.45) is 0 Å². The van der Waals surface area contributed by atoms with Crippen LogP contribution in [0.2, 0.25) is 0 Å². The van der Waals surface area contributed by atoms with Gasteiger partial charge in [0.05, 0.1) is 64.1 Å². The van der Waals surface area contributed by atoms with Crippen molar-refractivity contribution in [2.45, 2.75) is 45.3 Å². The van der Waals surface area contributed by atoms with Gasteiger partial charge in [0, 0.05) is 28.3 Å². The number of nitro benzene ring substituents is 1. The molecular weight excluding hydrogens is 1090 g/mol. The molecule has 5 aromatic carbocycles. The van der Waals surface area contributed by atoms with E-state index in [-0.39, 0.29) is 144 Å². The maximum atomic E-state index is 11.5. The third-order valence-corrected chi connectivity index (χ3v) is 14.8. The fraction of sp³-hybridized carbons (Fsp3) is 0.190. The van der Waals surface area contributed by atoms with Gasteiger partial charge in [0.15, 0.2) is 0 Å². The Hall–Kier alpha value is -0.971. The number of hydrogen-bond acceptors (Lipinski definition) is 17. The minimum Gasteiger partial charge on any atom is -0.744 e. The number of nitro groups is 1. The molecule has 356 valence electrons. The first-order valence-corrected chi connectivity index (χ1v) is 24.8. The van der Waals surface area contributed by atoms with E-state index in [4.69, 9.17) is 15.3 Å². The van der Waals surface area contributed by atoms with Crippen molar-refractivity contribution in [3.05, 3.63) is 187 Å². The summed E-state index contributed by atoms with van der Waals surface area (Å²) in [6, 6.07) is 31.5. The molecule has 1 unspecified atom stereocenters. The standard InChI is InChI=1S/C22H23O9PS3.C14H21NO4.C6H6N3O2.3Na.Tc/c1-32(14-17-5-2-8-20(11-17)33-31-30-23,15-18-6-3-9-21(12-18)34(24,25)26)16-19-7-4-10-22(13-19)35(27,28)29;1-15(14(9-16,10-17)11-18-2)8-12-6-4-5-7-13(12)19-3;7-8-5-1-3-6(4-2-5)9(10)11;;;;/h2-13,23H,1,14-16H2,(H,24,25,26)(H,27,28,29);4-7,15-17H,1-3,8-11H2;1-4,7-8H;;;;/q;-2;-1;3*+1;+5/p-3. The molecule has 27 heteroatoms. The van der Waals surface area contributed by atoms with E-state index >= 15 is 0 Å². The number of para-hydroxylation sites is 1. The summed E-state index contributed by atoms with van der Waals surface area (Å²) in [5.74, 6) is 7.34. The van der Waals surface area contributed by atoms with Crippen LogP contribution in [0.1, 0.15) is 22.3 Å². The molecule has 19 nitrogen and oxygen atoms in total. The molecule has 0 spiro atoms. The Bertz CT molecular complexity index is 2450. The largest absolute Gasteiger partial charge is 5.00 e. The number of aliphatic hydroxyl groups excluding tert-OH is 2. The number of quaternary nitrogens is 1. The molecule has 0 bridgehead atoms. The molecule has 0 aliphatic carbocycles. The van der Waals surface area contributed by atoms with Crippen LogP contribution in [-0.2, 0) is 79.5 Å². The molecule has 69 heavy (non-hydrogen) atoms. The van der Waals surface area contributed by atoms with Crippen LogP contribution in [0.4, 0.5) is 11.4 Å². The normalized spacial score (nSPS) is 11.5. The van der Waals surface area contributed by atoms with Crippen molar-refractivity contribution in [2.75, 3.05) is 25.2 Å². The van der Waals surface area contributed by atoms with Gasteiger partial charge >= 0.3 is 109 Å². The monoisotopic (exact) mass is 1140 g/mol. The first-order chi connectivity index (χ1) is 30.7. The van der Waals surface area contributed by atoms with Crippen LogP contribution in [0.25, 0.3) is 5.84 Å². The smallest absolute Gasteiger partial charge is 0.744 e. The quantitative estimate of drug-likeness (QED) is 0.00796. The maximum Gasteiger partial charge on any atom is 5.00 e. The van der Waals surface area contributed by atoms with E-state index in [1.54, 1.807) is 36.4 Å². The average Bonchev–Trinajstić information content (AvgIpc) is 3.27. The van der Waals surface area contributed by atoms with Crippen molar-refractivity contribution >= 4 is 50.9 Å². The number of nitrogens with one attached hydrogen (secondary N) is 3. The second-order valence-corrected chi connectivity index (χ2v) is 21.5. The van der Waals surface area contributed by atoms with E-state index in [1.807, 2.05) is 24.3 Å². The molecule has 0 aliphatic rings. The molecule has 0 saturated carbocycles. The fourth-order valence-electron chi connectivity index (χ4n) is 6.21. The third-order valence-electron chi connectivity index (χ3n) is 9.47. The summed E-state index contributed by atoms with van der Waals surface area (Å²) in [5, 5.41) is 42.7. The van der Waals surface area contributed by atoms with Gasteiger partial charge in [-0.25, -0.2) is 23.9 Å². The molecule has 0 aromatic heterocycles. The molecular formula is C42H47N4Na3O15PS3Tc+2. The third kappa shape index (κ3) is 23.8. The molecule has 0 aliphatic heterocycles. The SMILES string of the molecule is [CH2-]OCC(CO)(CO)[NH+]([CH2-])Cc1ccccc1O[CH2-].[CH2-][P+](Cc1cccc(SOO[O-])c1)(Cc1cccc(S(=O)(=O)[O-])c1)Cc1cccc(S(=O)(=O)[O-])c1.[NH-]Nc1ccc([N+](=O)[O-])cc1.[Na+].[Na+].[Na+].[Tc+5]. The molecule has 0 saturated heterocycles. The second-order valence-electron chi connectivity index (χ2n) is 14.3. The topological polar surface area (TPSA) is 298 Å². The van der Waals surface area contributed by atoms with Crippen molar-refractivity contribution < 1.29 is 179 Å². The number of anilines is 1. The van der Waals surface area contributed by atoms with Gasteiger partial charge in [-0.2, -0.15) is 18.1 Å². The zero-order valence-corrected chi connectivity index (χ0v) is 49.2. The Morgan fingerprint density at radius 2 is 1.25 bits per heavy atom. The number of non-ortho nitro benzene ring substituents is 1. The van der Waals surface area contributed by atoms with E-state index in [9.17, 15) is 51.5 Å². The second kappa shape index (κ2) is 34.5. The van der Waals surface area contributed by atoms with E-state index in [2.05, 4.69) is 42.7 Å². The van der Waals surface area contributed by atoms with E-state index in [1.165, 1.54) is 60.7 Å². The number of nitrogens with zero attached hydrogens (tertiary/aromatic N) is 1. The summed E-state index contributed by atoms with van der Waals surface area (Å²) in [7, 11) is -0.964. The molecule has 0 amide bonds. The van der Waals surface area contributed by atoms with Crippen molar-refractivity contribution in [1.82, 2.24) is 0 Å². The van der Waals surface area contributed by atoms with Crippen LogP contribution >= 0.6 is 19.3 Å². The summed E-state index contributed by atoms with van der Waals surface area (Å²) in [5.41, 5.74) is 4.69. The van der Waals surface area contributed by atoms with Gasteiger partial charge in [-0.3, -0.25) is 15.2 Å². The molecule has 5 rings (SSSR count). The number of ether oxygens (including phenoxy) is 2. The van der Waals surface area contributed by atoms with Crippen molar-refractivity contribution in [3.8, 4) is 5.75 Å². The first-order valence-electron chi connectivity index (χ1n) is 18.7. The predicted molar refractivity (Wildman–Crippen MR) is 238 cm³/mol. The Kier molecular flexibility index (Phi) is 35.1. The van der Waals surface area contributed by atoms with Gasteiger partial charge in [-0.1, -0.05) is 48.5 Å². The van der Waals surface area contributed by atoms with Crippen LogP contribution in [0.3, 0.4) is 0 Å². The number of aliphatic hydroxyl groups is 2. The molecule has 5 N–H and O–H groups in total. The Morgan fingerprint density at radius 1 is 0.768 bits per heavy atom. The molecule has 0 fully saturated rings. The number of hydrogen-bond donors (Lipinski definition) is 4. The summed E-state index contributed by atoms with van der Waals surface area (Å²) in [6.07, 6.45) is 1.12. The van der Waals surface area contributed by atoms with Crippen LogP contribution in [0.5, 0.6) is 5.75 Å². The minimum atomic E-state index is -4.65. The van der Waals surface area contributed by atoms with E-state index in [0.29, 0.717) is 57.4 Å². The van der Waals surface area contributed by atoms with Gasteiger partial charge in [-0.05, 0) is 77.4 Å². The van der Waals surface area contributed by atoms with Gasteiger partial charge in [0.25, 0.3) is 5.69 Å². The van der Waals surface area contributed by atoms with Gasteiger partial charge < -0.3 is 50.2 Å². The number of benzene rings is 5. The van der Waals surface area contributed by atoms with Gasteiger partial charge in [-0.15, -0.1) is 14.3 Å². The van der Waals surface area contributed by atoms with E-state index < -0.39 is 38.0 Å². The Balaban J connectivity index is 0. The summed E-state index contributed by atoms with van der Waals surface area (Å²) in [6.45, 7) is 4.51.